The molecule has 2 saturated heterocycles. The molecule has 198 valence electrons. The highest BCUT2D eigenvalue weighted by atomic mass is 19.4. The number of alkyl halides is 3. The summed E-state index contributed by atoms with van der Waals surface area (Å²) < 4.78 is 50.0. The fourth-order valence-electron chi connectivity index (χ4n) is 5.12. The minimum absolute atomic E-state index is 0.00782. The maximum atomic E-state index is 13.1. The summed E-state index contributed by atoms with van der Waals surface area (Å²) in [5.41, 5.74) is -0.0838. The second-order valence-electron chi connectivity index (χ2n) is 9.69. The lowest BCUT2D eigenvalue weighted by Crippen LogP contribution is -2.51. The average molecular weight is 500 g/mol. The van der Waals surface area contributed by atoms with Crippen LogP contribution >= 0.6 is 0 Å². The molecule has 4 rings (SSSR count). The molecule has 1 aliphatic carbocycles. The van der Waals surface area contributed by atoms with Gasteiger partial charge in [0.15, 0.2) is 0 Å². The van der Waals surface area contributed by atoms with E-state index in [0.29, 0.717) is 44.5 Å². The van der Waals surface area contributed by atoms with E-state index in [4.69, 9.17) is 9.47 Å². The van der Waals surface area contributed by atoms with Crippen LogP contribution in [-0.4, -0.2) is 75.5 Å². The molecular weight excluding hydrogens is 459 g/mol. The molecule has 1 saturated carbocycles. The summed E-state index contributed by atoms with van der Waals surface area (Å²) in [7, 11) is 1.70. The highest BCUT2D eigenvalue weighted by Crippen LogP contribution is 2.33. The molecule has 6 nitrogen and oxygen atoms in total. The number of methoxy groups -OCH3 is 1. The molecule has 9 heteroatoms. The van der Waals surface area contributed by atoms with Crippen molar-refractivity contribution in [3.05, 3.63) is 29.8 Å². The predicted molar refractivity (Wildman–Crippen MR) is 130 cm³/mol. The van der Waals surface area contributed by atoms with Gasteiger partial charge in [-0.15, -0.1) is 0 Å². The van der Waals surface area contributed by atoms with Crippen molar-refractivity contribution in [3.8, 4) is 0 Å². The second-order valence-corrected chi connectivity index (χ2v) is 9.69. The lowest BCUT2D eigenvalue weighted by atomic mass is 10.0. The molecule has 0 radical (unpaired) electrons. The van der Waals surface area contributed by atoms with Gasteiger partial charge in [-0.1, -0.05) is 26.3 Å². The van der Waals surface area contributed by atoms with E-state index in [1.54, 1.807) is 13.2 Å². The molecule has 2 heterocycles. The number of carbonyl (C=O) groups is 1. The quantitative estimate of drug-likeness (QED) is 0.654. The third-order valence-corrected chi connectivity index (χ3v) is 6.97. The Labute approximate surface area is 207 Å². The molecule has 0 spiro atoms. The van der Waals surface area contributed by atoms with E-state index in [0.717, 1.165) is 38.4 Å². The molecule has 1 aromatic rings. The number of anilines is 1. The molecule has 3 fully saturated rings. The molecule has 4 atom stereocenters. The van der Waals surface area contributed by atoms with Crippen LogP contribution in [0.15, 0.2) is 24.3 Å². The molecule has 0 bridgehead atoms. The van der Waals surface area contributed by atoms with Crippen LogP contribution in [0.5, 0.6) is 0 Å². The molecule has 1 N–H and O–H groups in total. The predicted octanol–water partition coefficient (Wildman–Crippen LogP) is 4.33. The molecule has 1 aromatic carbocycles. The number of nitrogens with zero attached hydrogens (tertiary/aromatic N) is 2. The summed E-state index contributed by atoms with van der Waals surface area (Å²) in [4.78, 5) is 16.9. The summed E-state index contributed by atoms with van der Waals surface area (Å²) in [5.74, 6) is 0.182. The van der Waals surface area contributed by atoms with Crippen LogP contribution in [0, 0.1) is 5.92 Å². The Kier molecular flexibility index (Phi) is 10.2. The summed E-state index contributed by atoms with van der Waals surface area (Å²) in [6, 6.07) is 5.97. The first-order valence-corrected chi connectivity index (χ1v) is 12.8. The Balaban J connectivity index is 0.00000108. The van der Waals surface area contributed by atoms with Crippen LogP contribution in [-0.2, 0) is 20.4 Å². The van der Waals surface area contributed by atoms with Gasteiger partial charge in [0.2, 0.25) is 5.91 Å². The van der Waals surface area contributed by atoms with Crippen molar-refractivity contribution >= 4 is 11.6 Å². The van der Waals surface area contributed by atoms with E-state index in [1.807, 2.05) is 9.80 Å². The zero-order chi connectivity index (χ0) is 25.4. The monoisotopic (exact) mass is 499 g/mol. The van der Waals surface area contributed by atoms with Crippen molar-refractivity contribution in [2.75, 3.05) is 51.4 Å². The van der Waals surface area contributed by atoms with Crippen molar-refractivity contribution in [2.24, 2.45) is 5.92 Å². The minimum atomic E-state index is -4.35. The van der Waals surface area contributed by atoms with E-state index < -0.39 is 11.7 Å². The van der Waals surface area contributed by atoms with Crippen LogP contribution in [0.25, 0.3) is 0 Å². The summed E-state index contributed by atoms with van der Waals surface area (Å²) >= 11 is 0. The smallest absolute Gasteiger partial charge is 0.379 e. The van der Waals surface area contributed by atoms with Gasteiger partial charge in [0.1, 0.15) is 0 Å². The second kappa shape index (κ2) is 12.9. The maximum absolute atomic E-state index is 13.1. The summed E-state index contributed by atoms with van der Waals surface area (Å²) in [5, 5.41) is 3.68. The largest absolute Gasteiger partial charge is 0.416 e. The fraction of sp³-hybridized carbons (Fsp3) is 0.731. The van der Waals surface area contributed by atoms with Gasteiger partial charge in [-0.2, -0.15) is 13.2 Å². The SMILES string of the molecule is CCC.COC1COCCC1NC1CCC(C(=O)N2CCN(c3cccc(C(F)(F)F)c3)CC2)C1. The fourth-order valence-corrected chi connectivity index (χ4v) is 5.12. The summed E-state index contributed by atoms with van der Waals surface area (Å²) in [6.07, 6.45) is 0.502. The number of hydrogen-bond acceptors (Lipinski definition) is 5. The van der Waals surface area contributed by atoms with Crippen molar-refractivity contribution in [1.82, 2.24) is 10.2 Å². The van der Waals surface area contributed by atoms with Gasteiger partial charge in [0.25, 0.3) is 0 Å². The molecule has 2 aliphatic heterocycles. The Bertz CT molecular complexity index is 800. The lowest BCUT2D eigenvalue weighted by molar-refractivity contribution is -0.137. The van der Waals surface area contributed by atoms with Crippen molar-refractivity contribution in [3.63, 3.8) is 0 Å². The number of piperazine rings is 1. The van der Waals surface area contributed by atoms with Crippen LogP contribution in [0.4, 0.5) is 18.9 Å². The molecular formula is C26H40F3N3O3. The zero-order valence-electron chi connectivity index (χ0n) is 21.2. The van der Waals surface area contributed by atoms with Crippen molar-refractivity contribution < 1.29 is 27.4 Å². The zero-order valence-corrected chi connectivity index (χ0v) is 21.2. The number of ether oxygens (including phenoxy) is 2. The number of amides is 1. The van der Waals surface area contributed by atoms with Crippen LogP contribution < -0.4 is 10.2 Å². The third kappa shape index (κ3) is 7.57. The van der Waals surface area contributed by atoms with E-state index in [-0.39, 0.29) is 24.0 Å². The maximum Gasteiger partial charge on any atom is 0.416 e. The number of nitrogens with one attached hydrogen (secondary N) is 1. The van der Waals surface area contributed by atoms with Gasteiger partial charge in [0.05, 0.1) is 18.3 Å². The van der Waals surface area contributed by atoms with Crippen LogP contribution in [0.3, 0.4) is 0 Å². The standard InChI is InChI=1S/C23H32F3N3O3.C3H8/c1-31-21-15-32-12-7-20(21)27-18-6-5-16(13-18)22(30)29-10-8-28(9-11-29)19-4-2-3-17(14-19)23(24,25)26;1-3-2/h2-4,14,16,18,20-21,27H,5-13,15H2,1H3;3H2,1-2H3. The first kappa shape index (κ1) is 27.7. The number of halogens is 3. The third-order valence-electron chi connectivity index (χ3n) is 6.97. The van der Waals surface area contributed by atoms with Gasteiger partial charge in [-0.05, 0) is 43.9 Å². The van der Waals surface area contributed by atoms with Gasteiger partial charge in [0, 0.05) is 63.6 Å². The highest BCUT2D eigenvalue weighted by Gasteiger charge is 2.36. The first-order valence-electron chi connectivity index (χ1n) is 12.8. The topological polar surface area (TPSA) is 54.0 Å². The number of rotatable bonds is 5. The molecule has 3 aliphatic rings. The van der Waals surface area contributed by atoms with Gasteiger partial charge < -0.3 is 24.6 Å². The normalized spacial score (nSPS) is 27.4. The number of benzene rings is 1. The van der Waals surface area contributed by atoms with E-state index in [2.05, 4.69) is 19.2 Å². The van der Waals surface area contributed by atoms with Gasteiger partial charge >= 0.3 is 6.18 Å². The number of carbonyl (C=O) groups excluding carboxylic acids is 1. The highest BCUT2D eigenvalue weighted by molar-refractivity contribution is 5.79. The Morgan fingerprint density at radius 1 is 1.14 bits per heavy atom. The minimum Gasteiger partial charge on any atom is -0.379 e. The summed E-state index contributed by atoms with van der Waals surface area (Å²) in [6.45, 7) is 7.73. The van der Waals surface area contributed by atoms with Crippen molar-refractivity contribution in [1.29, 1.82) is 0 Å². The van der Waals surface area contributed by atoms with Crippen molar-refractivity contribution in [2.45, 2.75) is 70.3 Å². The number of hydrogen-bond donors (Lipinski definition) is 1. The Hall–Kier alpha value is -1.84. The average Bonchev–Trinajstić information content (AvgIpc) is 3.32. The molecule has 0 aromatic heterocycles. The van der Waals surface area contributed by atoms with Gasteiger partial charge in [-0.3, -0.25) is 4.79 Å². The lowest BCUT2D eigenvalue weighted by Gasteiger charge is -2.37. The van der Waals surface area contributed by atoms with Crippen LogP contribution in [0.2, 0.25) is 0 Å². The Morgan fingerprint density at radius 2 is 1.86 bits per heavy atom. The Morgan fingerprint density at radius 3 is 2.51 bits per heavy atom. The molecule has 35 heavy (non-hydrogen) atoms. The first-order chi connectivity index (χ1) is 16.8. The van der Waals surface area contributed by atoms with Crippen LogP contribution in [0.1, 0.15) is 51.5 Å². The van der Waals surface area contributed by atoms with E-state index >= 15 is 0 Å². The molecule has 1 amide bonds. The molecule has 4 unspecified atom stereocenters. The van der Waals surface area contributed by atoms with Gasteiger partial charge in [-0.25, -0.2) is 0 Å². The van der Waals surface area contributed by atoms with E-state index in [1.165, 1.54) is 18.6 Å². The van der Waals surface area contributed by atoms with E-state index in [9.17, 15) is 18.0 Å².